The molecule has 1 aromatic carbocycles. The van der Waals surface area contributed by atoms with Crippen LogP contribution in [0.3, 0.4) is 0 Å². The summed E-state index contributed by atoms with van der Waals surface area (Å²) in [6.45, 7) is 4.60. The molecule has 0 bridgehead atoms. The van der Waals surface area contributed by atoms with Gasteiger partial charge < -0.3 is 15.8 Å². The van der Waals surface area contributed by atoms with Crippen LogP contribution in [0.4, 0.5) is 11.4 Å². The van der Waals surface area contributed by atoms with E-state index in [2.05, 4.69) is 10.2 Å². The summed E-state index contributed by atoms with van der Waals surface area (Å²) in [4.78, 5) is 14.6. The van der Waals surface area contributed by atoms with Gasteiger partial charge in [-0.25, -0.2) is 0 Å². The second-order valence-corrected chi connectivity index (χ2v) is 5.75. The molecule has 0 saturated carbocycles. The van der Waals surface area contributed by atoms with E-state index in [1.165, 1.54) is 6.42 Å². The molecular formula is C16H25N3O2. The number of nitrogens with zero attached hydrogens (tertiary/aromatic N) is 1. The summed E-state index contributed by atoms with van der Waals surface area (Å²) in [5, 5.41) is 2.93. The van der Waals surface area contributed by atoms with Crippen molar-refractivity contribution in [3.63, 3.8) is 0 Å². The van der Waals surface area contributed by atoms with Crippen molar-refractivity contribution in [3.05, 3.63) is 24.3 Å². The highest BCUT2D eigenvalue weighted by Crippen LogP contribution is 2.20. The first-order chi connectivity index (χ1) is 10.1. The van der Waals surface area contributed by atoms with E-state index in [1.807, 2.05) is 19.1 Å². The van der Waals surface area contributed by atoms with Crippen LogP contribution in [0.2, 0.25) is 0 Å². The van der Waals surface area contributed by atoms with E-state index in [0.717, 1.165) is 31.8 Å². The third-order valence-electron chi connectivity index (χ3n) is 4.03. The molecule has 1 amide bonds. The van der Waals surface area contributed by atoms with Crippen LogP contribution in [-0.4, -0.2) is 43.7 Å². The van der Waals surface area contributed by atoms with Crippen LogP contribution in [-0.2, 0) is 9.53 Å². The fourth-order valence-electron chi connectivity index (χ4n) is 2.85. The standard InChI is InChI=1S/C16H25N3O2/c1-12(19-8-4-5-13(10-19)11-21-2)16(20)18-15-7-3-6-14(17)9-15/h3,6-7,9,12-13H,4-5,8,10-11,17H2,1-2H3,(H,18,20). The smallest absolute Gasteiger partial charge is 0.241 e. The van der Waals surface area contributed by atoms with Crippen molar-refractivity contribution in [1.29, 1.82) is 0 Å². The third-order valence-corrected chi connectivity index (χ3v) is 4.03. The van der Waals surface area contributed by atoms with E-state index in [1.54, 1.807) is 19.2 Å². The number of nitrogens with two attached hydrogens (primary N) is 1. The molecule has 1 saturated heterocycles. The molecule has 5 nitrogen and oxygen atoms in total. The fourth-order valence-corrected chi connectivity index (χ4v) is 2.85. The highest BCUT2D eigenvalue weighted by molar-refractivity contribution is 5.94. The molecule has 5 heteroatoms. The molecule has 0 radical (unpaired) electrons. The Morgan fingerprint density at radius 1 is 1.57 bits per heavy atom. The number of hydrogen-bond acceptors (Lipinski definition) is 4. The number of nitrogen functional groups attached to an aromatic ring is 1. The SMILES string of the molecule is COCC1CCCN(C(C)C(=O)Nc2cccc(N)c2)C1. The van der Waals surface area contributed by atoms with Gasteiger partial charge in [0.15, 0.2) is 0 Å². The monoisotopic (exact) mass is 291 g/mol. The van der Waals surface area contributed by atoms with Crippen molar-refractivity contribution in [2.75, 3.05) is 37.9 Å². The van der Waals surface area contributed by atoms with E-state index in [0.29, 0.717) is 11.6 Å². The largest absolute Gasteiger partial charge is 0.399 e. The average molecular weight is 291 g/mol. The predicted molar refractivity (Wildman–Crippen MR) is 85.1 cm³/mol. The number of benzene rings is 1. The molecule has 2 atom stereocenters. The molecule has 1 fully saturated rings. The lowest BCUT2D eigenvalue weighted by Crippen LogP contribution is -2.47. The van der Waals surface area contributed by atoms with Gasteiger partial charge in [0.1, 0.15) is 0 Å². The molecule has 0 aliphatic carbocycles. The first kappa shape index (κ1) is 15.8. The van der Waals surface area contributed by atoms with Crippen molar-refractivity contribution in [2.24, 2.45) is 5.92 Å². The lowest BCUT2D eigenvalue weighted by atomic mass is 9.97. The molecule has 1 heterocycles. The van der Waals surface area contributed by atoms with Crippen LogP contribution in [0.15, 0.2) is 24.3 Å². The first-order valence-electron chi connectivity index (χ1n) is 7.49. The highest BCUT2D eigenvalue weighted by Gasteiger charge is 2.27. The Kier molecular flexibility index (Phi) is 5.59. The molecule has 3 N–H and O–H groups in total. The van der Waals surface area contributed by atoms with Crippen molar-refractivity contribution in [2.45, 2.75) is 25.8 Å². The van der Waals surface area contributed by atoms with E-state index in [9.17, 15) is 4.79 Å². The van der Waals surface area contributed by atoms with Crippen molar-refractivity contribution >= 4 is 17.3 Å². The van der Waals surface area contributed by atoms with Gasteiger partial charge in [0.2, 0.25) is 5.91 Å². The number of methoxy groups -OCH3 is 1. The predicted octanol–water partition coefficient (Wildman–Crippen LogP) is 1.95. The van der Waals surface area contributed by atoms with Crippen LogP contribution in [0.1, 0.15) is 19.8 Å². The number of hydrogen-bond donors (Lipinski definition) is 2. The van der Waals surface area contributed by atoms with Gasteiger partial charge in [0.25, 0.3) is 0 Å². The zero-order valence-corrected chi connectivity index (χ0v) is 12.8. The van der Waals surface area contributed by atoms with Crippen LogP contribution in [0.5, 0.6) is 0 Å². The van der Waals surface area contributed by atoms with Crippen molar-refractivity contribution in [1.82, 2.24) is 4.90 Å². The molecule has 2 rings (SSSR count). The molecule has 2 unspecified atom stereocenters. The molecule has 1 aromatic rings. The molecule has 116 valence electrons. The van der Waals surface area contributed by atoms with E-state index >= 15 is 0 Å². The number of likely N-dealkylation sites (tertiary alicyclic amines) is 1. The minimum Gasteiger partial charge on any atom is -0.399 e. The summed E-state index contributed by atoms with van der Waals surface area (Å²) in [6.07, 6.45) is 2.29. The van der Waals surface area contributed by atoms with Crippen LogP contribution >= 0.6 is 0 Å². The number of anilines is 2. The molecule has 0 spiro atoms. The topological polar surface area (TPSA) is 67.6 Å². The van der Waals surface area contributed by atoms with Crippen molar-refractivity contribution in [3.8, 4) is 0 Å². The Morgan fingerprint density at radius 3 is 3.10 bits per heavy atom. The van der Waals surface area contributed by atoms with Gasteiger partial charge in [0, 0.05) is 25.0 Å². The average Bonchev–Trinajstić information content (AvgIpc) is 2.47. The Morgan fingerprint density at radius 2 is 2.38 bits per heavy atom. The summed E-state index contributed by atoms with van der Waals surface area (Å²) >= 11 is 0. The summed E-state index contributed by atoms with van der Waals surface area (Å²) in [6, 6.07) is 7.12. The maximum Gasteiger partial charge on any atom is 0.241 e. The second-order valence-electron chi connectivity index (χ2n) is 5.75. The summed E-state index contributed by atoms with van der Waals surface area (Å²) in [5.41, 5.74) is 7.13. The normalized spacial score (nSPS) is 21.0. The van der Waals surface area contributed by atoms with E-state index in [-0.39, 0.29) is 11.9 Å². The Hall–Kier alpha value is -1.59. The summed E-state index contributed by atoms with van der Waals surface area (Å²) in [7, 11) is 1.73. The van der Waals surface area contributed by atoms with Gasteiger partial charge in [-0.05, 0) is 50.4 Å². The van der Waals surface area contributed by atoms with Gasteiger partial charge in [-0.1, -0.05) is 6.07 Å². The number of rotatable bonds is 5. The van der Waals surface area contributed by atoms with Crippen LogP contribution in [0, 0.1) is 5.92 Å². The number of ether oxygens (including phenoxy) is 1. The van der Waals surface area contributed by atoms with Gasteiger partial charge in [-0.3, -0.25) is 9.69 Å². The number of carbonyl (C=O) groups excluding carboxylic acids is 1. The maximum absolute atomic E-state index is 12.4. The Bertz CT molecular complexity index is 476. The fraction of sp³-hybridized carbons (Fsp3) is 0.562. The van der Waals surface area contributed by atoms with Crippen molar-refractivity contribution < 1.29 is 9.53 Å². The molecule has 0 aromatic heterocycles. The minimum absolute atomic E-state index is 0.0127. The molecule has 1 aliphatic rings. The van der Waals surface area contributed by atoms with Crippen LogP contribution < -0.4 is 11.1 Å². The first-order valence-corrected chi connectivity index (χ1v) is 7.49. The molecule has 21 heavy (non-hydrogen) atoms. The van der Waals surface area contributed by atoms with E-state index in [4.69, 9.17) is 10.5 Å². The van der Waals surface area contributed by atoms with Gasteiger partial charge in [-0.2, -0.15) is 0 Å². The second kappa shape index (κ2) is 7.43. The lowest BCUT2D eigenvalue weighted by molar-refractivity contribution is -0.121. The van der Waals surface area contributed by atoms with Gasteiger partial charge in [-0.15, -0.1) is 0 Å². The van der Waals surface area contributed by atoms with Gasteiger partial charge in [0.05, 0.1) is 12.6 Å². The van der Waals surface area contributed by atoms with Crippen LogP contribution in [0.25, 0.3) is 0 Å². The molecular weight excluding hydrogens is 266 g/mol. The number of amides is 1. The van der Waals surface area contributed by atoms with Gasteiger partial charge >= 0.3 is 0 Å². The lowest BCUT2D eigenvalue weighted by Gasteiger charge is -2.35. The number of nitrogens with one attached hydrogen (secondary N) is 1. The summed E-state index contributed by atoms with van der Waals surface area (Å²) < 4.78 is 5.24. The summed E-state index contributed by atoms with van der Waals surface area (Å²) in [5.74, 6) is 0.532. The zero-order chi connectivity index (χ0) is 15.2. The maximum atomic E-state index is 12.4. The number of piperidine rings is 1. The highest BCUT2D eigenvalue weighted by atomic mass is 16.5. The molecule has 1 aliphatic heterocycles. The van der Waals surface area contributed by atoms with E-state index < -0.39 is 0 Å². The zero-order valence-electron chi connectivity index (χ0n) is 12.8. The third kappa shape index (κ3) is 4.44. The minimum atomic E-state index is -0.147. The quantitative estimate of drug-likeness (QED) is 0.814. The number of carbonyl (C=O) groups is 1. The Labute approximate surface area is 126 Å². The Balaban J connectivity index is 1.92.